The molecule has 0 saturated heterocycles. The number of aliphatic hydroxyl groups is 1. The summed E-state index contributed by atoms with van der Waals surface area (Å²) in [6.07, 6.45) is 7.29. The first-order valence-electron chi connectivity index (χ1n) is 11.6. The Labute approximate surface area is 194 Å². The first-order valence-corrected chi connectivity index (χ1v) is 11.6. The van der Waals surface area contributed by atoms with Gasteiger partial charge in [-0.15, -0.1) is 0 Å². The molecule has 0 spiro atoms. The third-order valence-corrected chi connectivity index (χ3v) is 6.24. The van der Waals surface area contributed by atoms with Crippen LogP contribution in [0.4, 0.5) is 11.6 Å². The molecule has 33 heavy (non-hydrogen) atoms. The quantitative estimate of drug-likeness (QED) is 0.506. The molecule has 0 aliphatic heterocycles. The van der Waals surface area contributed by atoms with Gasteiger partial charge in [-0.3, -0.25) is 9.48 Å². The van der Waals surface area contributed by atoms with Crippen LogP contribution in [0.1, 0.15) is 53.7 Å². The van der Waals surface area contributed by atoms with Crippen molar-refractivity contribution in [3.05, 3.63) is 53.3 Å². The molecule has 0 unspecified atom stereocenters. The van der Waals surface area contributed by atoms with Gasteiger partial charge < -0.3 is 15.7 Å². The SMILES string of the molecule is Cc1cc(C)cc(Nc2nccc(-c3cc(C(=O)N[C@H](CO)C4CCCCC4)n(C)n3)n2)c1. The van der Waals surface area contributed by atoms with Crippen molar-refractivity contribution in [2.75, 3.05) is 11.9 Å². The van der Waals surface area contributed by atoms with E-state index in [1.807, 2.05) is 26.0 Å². The largest absolute Gasteiger partial charge is 0.394 e. The molecule has 8 heteroatoms. The summed E-state index contributed by atoms with van der Waals surface area (Å²) >= 11 is 0. The van der Waals surface area contributed by atoms with E-state index in [4.69, 9.17) is 0 Å². The van der Waals surface area contributed by atoms with E-state index in [-0.39, 0.29) is 18.6 Å². The molecule has 1 atom stereocenters. The van der Waals surface area contributed by atoms with Crippen LogP contribution >= 0.6 is 0 Å². The van der Waals surface area contributed by atoms with Crippen molar-refractivity contribution in [3.8, 4) is 11.4 Å². The Morgan fingerprint density at radius 3 is 2.55 bits per heavy atom. The third-order valence-electron chi connectivity index (χ3n) is 6.24. The van der Waals surface area contributed by atoms with Crippen molar-refractivity contribution in [2.45, 2.75) is 52.0 Å². The van der Waals surface area contributed by atoms with Gasteiger partial charge in [-0.2, -0.15) is 5.10 Å². The van der Waals surface area contributed by atoms with E-state index in [9.17, 15) is 9.90 Å². The molecule has 1 amide bonds. The van der Waals surface area contributed by atoms with Crippen LogP contribution in [0.5, 0.6) is 0 Å². The fourth-order valence-corrected chi connectivity index (χ4v) is 4.63. The minimum absolute atomic E-state index is 0.0551. The van der Waals surface area contributed by atoms with E-state index in [1.165, 1.54) is 6.42 Å². The van der Waals surface area contributed by atoms with E-state index in [0.29, 0.717) is 28.9 Å². The summed E-state index contributed by atoms with van der Waals surface area (Å²) in [5, 5.41) is 20.6. The van der Waals surface area contributed by atoms with E-state index >= 15 is 0 Å². The fourth-order valence-electron chi connectivity index (χ4n) is 4.63. The lowest BCUT2D eigenvalue weighted by molar-refractivity contribution is 0.0861. The molecule has 1 aromatic carbocycles. The maximum Gasteiger partial charge on any atom is 0.269 e. The fraction of sp³-hybridized carbons (Fsp3) is 0.440. The van der Waals surface area contributed by atoms with Crippen LogP contribution < -0.4 is 10.6 Å². The molecule has 1 saturated carbocycles. The predicted octanol–water partition coefficient (Wildman–Crippen LogP) is 3.91. The van der Waals surface area contributed by atoms with Crippen LogP contribution in [0.3, 0.4) is 0 Å². The Bertz CT molecular complexity index is 1100. The number of carbonyl (C=O) groups is 1. The van der Waals surface area contributed by atoms with Gasteiger partial charge in [0.1, 0.15) is 11.4 Å². The highest BCUT2D eigenvalue weighted by Gasteiger charge is 2.26. The second kappa shape index (κ2) is 10.1. The van der Waals surface area contributed by atoms with Gasteiger partial charge in [-0.05, 0) is 68.0 Å². The van der Waals surface area contributed by atoms with Gasteiger partial charge >= 0.3 is 0 Å². The molecule has 174 valence electrons. The monoisotopic (exact) mass is 448 g/mol. The molecule has 8 nitrogen and oxygen atoms in total. The van der Waals surface area contributed by atoms with Crippen molar-refractivity contribution in [1.29, 1.82) is 0 Å². The zero-order valence-electron chi connectivity index (χ0n) is 19.5. The maximum atomic E-state index is 13.0. The minimum Gasteiger partial charge on any atom is -0.394 e. The molecule has 1 aliphatic carbocycles. The number of anilines is 2. The second-order valence-electron chi connectivity index (χ2n) is 8.97. The van der Waals surface area contributed by atoms with E-state index < -0.39 is 0 Å². The van der Waals surface area contributed by atoms with Crippen molar-refractivity contribution in [1.82, 2.24) is 25.1 Å². The number of amides is 1. The summed E-state index contributed by atoms with van der Waals surface area (Å²) in [7, 11) is 1.74. The number of aromatic nitrogens is 4. The molecule has 1 aliphatic rings. The lowest BCUT2D eigenvalue weighted by atomic mass is 9.84. The molecule has 2 heterocycles. The maximum absolute atomic E-state index is 13.0. The second-order valence-corrected chi connectivity index (χ2v) is 8.97. The number of nitrogens with one attached hydrogen (secondary N) is 2. The van der Waals surface area contributed by atoms with Crippen molar-refractivity contribution < 1.29 is 9.90 Å². The van der Waals surface area contributed by atoms with Crippen molar-refractivity contribution in [2.24, 2.45) is 13.0 Å². The number of aryl methyl sites for hydroxylation is 3. The average Bonchev–Trinajstić information content (AvgIpc) is 3.19. The molecular formula is C25H32N6O2. The molecule has 1 fully saturated rings. The van der Waals surface area contributed by atoms with E-state index in [1.54, 1.807) is 30.1 Å². The summed E-state index contributed by atoms with van der Waals surface area (Å²) in [6, 6.07) is 9.46. The number of hydrogen-bond acceptors (Lipinski definition) is 6. The molecule has 2 aromatic heterocycles. The Morgan fingerprint density at radius 1 is 1.12 bits per heavy atom. The lowest BCUT2D eigenvalue weighted by Crippen LogP contribution is -2.44. The number of benzene rings is 1. The highest BCUT2D eigenvalue weighted by molar-refractivity contribution is 5.93. The van der Waals surface area contributed by atoms with Crippen LogP contribution in [0.25, 0.3) is 11.4 Å². The Hall–Kier alpha value is -3.26. The summed E-state index contributed by atoms with van der Waals surface area (Å²) in [6.45, 7) is 4.04. The average molecular weight is 449 g/mol. The number of rotatable bonds is 7. The zero-order chi connectivity index (χ0) is 23.4. The van der Waals surface area contributed by atoms with E-state index in [0.717, 1.165) is 42.5 Å². The van der Waals surface area contributed by atoms with Crippen LogP contribution in [0, 0.1) is 19.8 Å². The summed E-state index contributed by atoms with van der Waals surface area (Å²) in [4.78, 5) is 21.9. The highest BCUT2D eigenvalue weighted by Crippen LogP contribution is 2.27. The first kappa shape index (κ1) is 22.9. The molecule has 4 rings (SSSR count). The van der Waals surface area contributed by atoms with Gasteiger partial charge in [-0.1, -0.05) is 25.3 Å². The summed E-state index contributed by atoms with van der Waals surface area (Å²) in [5.41, 5.74) is 4.88. The topological polar surface area (TPSA) is 105 Å². The van der Waals surface area contributed by atoms with Crippen LogP contribution in [0.15, 0.2) is 36.5 Å². The Kier molecular flexibility index (Phi) is 7.03. The Morgan fingerprint density at radius 2 is 1.85 bits per heavy atom. The number of nitrogens with zero attached hydrogens (tertiary/aromatic N) is 4. The number of hydrogen-bond donors (Lipinski definition) is 3. The standard InChI is InChI=1S/C25H32N6O2/c1-16-11-17(2)13-19(12-16)27-25-26-10-9-20(29-25)21-14-23(31(3)30-21)24(33)28-22(15-32)18-7-5-4-6-8-18/h9-14,18,22,32H,4-8,15H2,1-3H3,(H,28,33)(H,26,27,29)/t22-/m1/s1. The van der Waals surface area contributed by atoms with Gasteiger partial charge in [0.15, 0.2) is 0 Å². The van der Waals surface area contributed by atoms with Gasteiger partial charge in [0, 0.05) is 18.9 Å². The van der Waals surface area contributed by atoms with Crippen LogP contribution in [-0.2, 0) is 7.05 Å². The molecule has 0 radical (unpaired) electrons. The molecule has 3 aromatic rings. The van der Waals surface area contributed by atoms with Crippen molar-refractivity contribution >= 4 is 17.5 Å². The smallest absolute Gasteiger partial charge is 0.269 e. The minimum atomic E-state index is -0.233. The zero-order valence-corrected chi connectivity index (χ0v) is 19.5. The predicted molar refractivity (Wildman–Crippen MR) is 128 cm³/mol. The van der Waals surface area contributed by atoms with Gasteiger partial charge in [-0.25, -0.2) is 9.97 Å². The van der Waals surface area contributed by atoms with Gasteiger partial charge in [0.2, 0.25) is 5.95 Å². The van der Waals surface area contributed by atoms with E-state index in [2.05, 4.69) is 31.8 Å². The normalized spacial score (nSPS) is 15.3. The van der Waals surface area contributed by atoms with Crippen LogP contribution in [0.2, 0.25) is 0 Å². The third kappa shape index (κ3) is 5.57. The van der Waals surface area contributed by atoms with Crippen LogP contribution in [-0.4, -0.2) is 43.4 Å². The van der Waals surface area contributed by atoms with Gasteiger partial charge in [0.25, 0.3) is 5.91 Å². The molecule has 3 N–H and O–H groups in total. The number of carbonyl (C=O) groups excluding carboxylic acids is 1. The summed E-state index contributed by atoms with van der Waals surface area (Å²) < 4.78 is 1.55. The molecular weight excluding hydrogens is 416 g/mol. The highest BCUT2D eigenvalue weighted by atomic mass is 16.3. The first-order chi connectivity index (χ1) is 15.9. The Balaban J connectivity index is 1.50. The van der Waals surface area contributed by atoms with Crippen molar-refractivity contribution in [3.63, 3.8) is 0 Å². The lowest BCUT2D eigenvalue weighted by Gasteiger charge is -2.29. The van der Waals surface area contributed by atoms with Gasteiger partial charge in [0.05, 0.1) is 18.3 Å². The molecule has 0 bridgehead atoms. The summed E-state index contributed by atoms with van der Waals surface area (Å²) in [5.74, 6) is 0.552. The number of aliphatic hydroxyl groups excluding tert-OH is 1.